The molecule has 0 aliphatic rings. The highest BCUT2D eigenvalue weighted by Gasteiger charge is 2.17. The summed E-state index contributed by atoms with van der Waals surface area (Å²) < 4.78 is 1.59. The van der Waals surface area contributed by atoms with Gasteiger partial charge in [-0.3, -0.25) is 4.79 Å². The van der Waals surface area contributed by atoms with E-state index >= 15 is 0 Å². The van der Waals surface area contributed by atoms with Gasteiger partial charge in [0.25, 0.3) is 0 Å². The smallest absolute Gasteiger partial charge is 0.241 e. The highest BCUT2D eigenvalue weighted by molar-refractivity contribution is 9.11. The molecule has 1 aromatic rings. The number of hydrogen-bond donors (Lipinski definition) is 1. The van der Waals surface area contributed by atoms with Crippen LogP contribution >= 0.6 is 31.9 Å². The second-order valence-electron chi connectivity index (χ2n) is 3.68. The van der Waals surface area contributed by atoms with Crippen LogP contribution in [0.1, 0.15) is 18.9 Å². The minimum Gasteiger partial charge on any atom is -0.323 e. The molecule has 0 radical (unpaired) electrons. The fourth-order valence-corrected chi connectivity index (χ4v) is 2.98. The SMILES string of the molecule is CCC(C#N)C(=O)Nc1c(Br)cc(C)cc1Br. The van der Waals surface area contributed by atoms with Crippen molar-refractivity contribution in [2.75, 3.05) is 5.32 Å². The second-order valence-corrected chi connectivity index (χ2v) is 5.39. The number of anilines is 1. The van der Waals surface area contributed by atoms with E-state index in [1.807, 2.05) is 32.0 Å². The van der Waals surface area contributed by atoms with E-state index < -0.39 is 5.92 Å². The van der Waals surface area contributed by atoms with Crippen LogP contribution in [0.25, 0.3) is 0 Å². The summed E-state index contributed by atoms with van der Waals surface area (Å²) >= 11 is 6.78. The summed E-state index contributed by atoms with van der Waals surface area (Å²) in [6.45, 7) is 3.78. The van der Waals surface area contributed by atoms with Crippen LogP contribution in [0, 0.1) is 24.2 Å². The number of benzene rings is 1. The van der Waals surface area contributed by atoms with Crippen LogP contribution in [0.5, 0.6) is 0 Å². The number of aryl methyl sites for hydroxylation is 1. The van der Waals surface area contributed by atoms with Crippen molar-refractivity contribution in [2.45, 2.75) is 20.3 Å². The lowest BCUT2D eigenvalue weighted by atomic mass is 10.1. The van der Waals surface area contributed by atoms with Crippen LogP contribution in [0.15, 0.2) is 21.1 Å². The Morgan fingerprint density at radius 1 is 1.47 bits per heavy atom. The largest absolute Gasteiger partial charge is 0.323 e. The number of nitrogens with zero attached hydrogens (tertiary/aromatic N) is 1. The predicted molar refractivity (Wildman–Crippen MR) is 74.6 cm³/mol. The molecule has 1 amide bonds. The summed E-state index contributed by atoms with van der Waals surface area (Å²) in [4.78, 5) is 11.8. The second kappa shape index (κ2) is 6.18. The lowest BCUT2D eigenvalue weighted by Gasteiger charge is -2.12. The van der Waals surface area contributed by atoms with Crippen LogP contribution in [0.2, 0.25) is 0 Å². The summed E-state index contributed by atoms with van der Waals surface area (Å²) in [7, 11) is 0. The van der Waals surface area contributed by atoms with Gasteiger partial charge in [0.2, 0.25) is 5.91 Å². The maximum atomic E-state index is 11.8. The molecular formula is C12H12Br2N2O. The Bertz CT molecular complexity index is 457. The zero-order chi connectivity index (χ0) is 13.0. The molecule has 0 saturated carbocycles. The summed E-state index contributed by atoms with van der Waals surface area (Å²) in [5.74, 6) is -0.893. The first-order chi connectivity index (χ1) is 7.99. The number of carbonyl (C=O) groups is 1. The Morgan fingerprint density at radius 2 is 2.00 bits per heavy atom. The molecule has 0 spiro atoms. The molecular weight excluding hydrogens is 348 g/mol. The lowest BCUT2D eigenvalue weighted by molar-refractivity contribution is -0.118. The van der Waals surface area contributed by atoms with Crippen LogP contribution in [-0.4, -0.2) is 5.91 Å². The van der Waals surface area contributed by atoms with E-state index in [2.05, 4.69) is 37.2 Å². The van der Waals surface area contributed by atoms with E-state index in [-0.39, 0.29) is 5.91 Å². The first-order valence-corrected chi connectivity index (χ1v) is 6.74. The monoisotopic (exact) mass is 358 g/mol. The molecule has 1 rings (SSSR count). The lowest BCUT2D eigenvalue weighted by Crippen LogP contribution is -2.21. The summed E-state index contributed by atoms with van der Waals surface area (Å²) in [6, 6.07) is 5.80. The highest BCUT2D eigenvalue weighted by Crippen LogP contribution is 2.32. The van der Waals surface area contributed by atoms with Gasteiger partial charge in [0.15, 0.2) is 0 Å². The van der Waals surface area contributed by atoms with Gasteiger partial charge in [-0.15, -0.1) is 0 Å². The highest BCUT2D eigenvalue weighted by atomic mass is 79.9. The van der Waals surface area contributed by atoms with Gasteiger partial charge in [-0.1, -0.05) is 6.92 Å². The maximum absolute atomic E-state index is 11.8. The van der Waals surface area contributed by atoms with E-state index in [4.69, 9.17) is 5.26 Å². The standard InChI is InChI=1S/C12H12Br2N2O/c1-3-8(6-15)12(17)16-11-9(13)4-7(2)5-10(11)14/h4-5,8H,3H2,1-2H3,(H,16,17). The third-order valence-electron chi connectivity index (χ3n) is 2.32. The number of rotatable bonds is 3. The first kappa shape index (κ1) is 14.2. The molecule has 1 atom stereocenters. The van der Waals surface area contributed by atoms with Crippen molar-refractivity contribution in [3.8, 4) is 6.07 Å². The Kier molecular flexibility index (Phi) is 5.16. The Balaban J connectivity index is 2.97. The third kappa shape index (κ3) is 3.55. The molecule has 0 aliphatic carbocycles. The molecule has 0 bridgehead atoms. The van der Waals surface area contributed by atoms with E-state index in [1.54, 1.807) is 0 Å². The number of amides is 1. The van der Waals surface area contributed by atoms with Gasteiger partial charge in [-0.2, -0.15) is 5.26 Å². The topological polar surface area (TPSA) is 52.9 Å². The molecule has 1 unspecified atom stereocenters. The molecule has 0 aromatic heterocycles. The summed E-state index contributed by atoms with van der Waals surface area (Å²) in [5.41, 5.74) is 1.74. The Hall–Kier alpha value is -0.860. The Labute approximate surface area is 117 Å². The van der Waals surface area contributed by atoms with Gasteiger partial charge in [0.05, 0.1) is 11.8 Å². The van der Waals surface area contributed by atoms with Crippen molar-refractivity contribution in [3.05, 3.63) is 26.6 Å². The van der Waals surface area contributed by atoms with Crippen molar-refractivity contribution >= 4 is 43.5 Å². The van der Waals surface area contributed by atoms with Crippen molar-refractivity contribution < 1.29 is 4.79 Å². The van der Waals surface area contributed by atoms with Crippen molar-refractivity contribution in [1.29, 1.82) is 5.26 Å². The van der Waals surface area contributed by atoms with Crippen LogP contribution in [0.3, 0.4) is 0 Å². The van der Waals surface area contributed by atoms with Crippen LogP contribution in [-0.2, 0) is 4.79 Å². The van der Waals surface area contributed by atoms with E-state index in [1.165, 1.54) is 0 Å². The van der Waals surface area contributed by atoms with E-state index in [0.717, 1.165) is 14.5 Å². The molecule has 17 heavy (non-hydrogen) atoms. The van der Waals surface area contributed by atoms with E-state index in [0.29, 0.717) is 12.1 Å². The van der Waals surface area contributed by atoms with Crippen molar-refractivity contribution in [1.82, 2.24) is 0 Å². The molecule has 1 aromatic carbocycles. The van der Waals surface area contributed by atoms with Crippen LogP contribution < -0.4 is 5.32 Å². The summed E-state index contributed by atoms with van der Waals surface area (Å²) in [5, 5.41) is 11.6. The number of hydrogen-bond acceptors (Lipinski definition) is 2. The third-order valence-corrected chi connectivity index (χ3v) is 3.57. The van der Waals surface area contributed by atoms with Gasteiger partial charge in [0.1, 0.15) is 5.92 Å². The van der Waals surface area contributed by atoms with Crippen LogP contribution in [0.4, 0.5) is 5.69 Å². The molecule has 3 nitrogen and oxygen atoms in total. The molecule has 5 heteroatoms. The predicted octanol–water partition coefficient (Wildman–Crippen LogP) is 4.01. The fraction of sp³-hybridized carbons (Fsp3) is 0.333. The molecule has 0 fully saturated rings. The first-order valence-electron chi connectivity index (χ1n) is 5.15. The maximum Gasteiger partial charge on any atom is 0.241 e. The fourth-order valence-electron chi connectivity index (χ4n) is 1.36. The van der Waals surface area contributed by atoms with Gasteiger partial charge >= 0.3 is 0 Å². The zero-order valence-electron chi connectivity index (χ0n) is 9.55. The molecule has 1 N–H and O–H groups in total. The van der Waals surface area contributed by atoms with Gasteiger partial charge in [-0.25, -0.2) is 0 Å². The van der Waals surface area contributed by atoms with Crippen molar-refractivity contribution in [2.24, 2.45) is 5.92 Å². The average molecular weight is 360 g/mol. The normalized spacial score (nSPS) is 11.7. The van der Waals surface area contributed by atoms with Crippen molar-refractivity contribution in [3.63, 3.8) is 0 Å². The quantitative estimate of drug-likeness (QED) is 0.886. The Morgan fingerprint density at radius 3 is 2.41 bits per heavy atom. The molecule has 90 valence electrons. The number of nitriles is 1. The average Bonchev–Trinajstić information content (AvgIpc) is 2.25. The van der Waals surface area contributed by atoms with Gasteiger partial charge in [-0.05, 0) is 62.9 Å². The van der Waals surface area contributed by atoms with E-state index in [9.17, 15) is 4.79 Å². The van der Waals surface area contributed by atoms with Gasteiger partial charge in [0, 0.05) is 8.95 Å². The molecule has 0 saturated heterocycles. The van der Waals surface area contributed by atoms with Gasteiger partial charge < -0.3 is 5.32 Å². The number of carbonyl (C=O) groups excluding carboxylic acids is 1. The molecule has 0 aliphatic heterocycles. The number of nitrogens with one attached hydrogen (secondary N) is 1. The minimum atomic E-state index is -0.616. The zero-order valence-corrected chi connectivity index (χ0v) is 12.7. The number of halogens is 2. The minimum absolute atomic E-state index is 0.278. The summed E-state index contributed by atoms with van der Waals surface area (Å²) in [6.07, 6.45) is 0.503. The molecule has 0 heterocycles.